The molecule has 2 aliphatic heterocycles. The molecule has 2 amide bonds. The van der Waals surface area contributed by atoms with Gasteiger partial charge >= 0.3 is 0 Å². The number of anilines is 1. The topological polar surface area (TPSA) is 77.0 Å². The summed E-state index contributed by atoms with van der Waals surface area (Å²) >= 11 is 0. The number of hydrogen-bond acceptors (Lipinski definition) is 5. The fourth-order valence-electron chi connectivity index (χ4n) is 3.83. The van der Waals surface area contributed by atoms with Gasteiger partial charge in [0.05, 0.1) is 5.69 Å². The number of para-hydroxylation sites is 1. The summed E-state index contributed by atoms with van der Waals surface area (Å²) in [5.41, 5.74) is 4.88. The predicted molar refractivity (Wildman–Crippen MR) is 117 cm³/mol. The summed E-state index contributed by atoms with van der Waals surface area (Å²) in [7, 11) is 0. The van der Waals surface area contributed by atoms with Crippen molar-refractivity contribution < 1.29 is 9.59 Å². The standard InChI is InChI=1S/C23H27N5O2/c1-17-23(30)28(20-10-6-3-7-11-20)26-21(24-17)22(29)25-19-12-14-27(15-13-19)16-18-8-4-2-5-9-18/h2-11,17,19H,12-16H2,1H3,(H,24,26)(H,25,29). The summed E-state index contributed by atoms with van der Waals surface area (Å²) in [5.74, 6) is -0.276. The van der Waals surface area contributed by atoms with Crippen LogP contribution in [0.5, 0.6) is 0 Å². The maximum Gasteiger partial charge on any atom is 0.288 e. The van der Waals surface area contributed by atoms with Gasteiger partial charge in [0.1, 0.15) is 6.04 Å². The Kier molecular flexibility index (Phi) is 6.09. The quantitative estimate of drug-likeness (QED) is 0.799. The Bertz CT molecular complexity index is 908. The Morgan fingerprint density at radius 3 is 2.37 bits per heavy atom. The van der Waals surface area contributed by atoms with Crippen LogP contribution in [0.15, 0.2) is 65.7 Å². The molecular formula is C23H27N5O2. The molecule has 0 aromatic heterocycles. The summed E-state index contributed by atoms with van der Waals surface area (Å²) in [6.07, 6.45) is 1.78. The van der Waals surface area contributed by atoms with Gasteiger partial charge in [-0.05, 0) is 37.5 Å². The van der Waals surface area contributed by atoms with Crippen LogP contribution in [-0.2, 0) is 16.1 Å². The first-order valence-corrected chi connectivity index (χ1v) is 10.4. The number of amidine groups is 1. The average molecular weight is 406 g/mol. The molecule has 0 radical (unpaired) electrons. The first-order valence-electron chi connectivity index (χ1n) is 10.4. The molecule has 2 aliphatic rings. The summed E-state index contributed by atoms with van der Waals surface area (Å²) in [6, 6.07) is 19.1. The third-order valence-electron chi connectivity index (χ3n) is 5.52. The van der Waals surface area contributed by atoms with Crippen molar-refractivity contribution in [1.29, 1.82) is 0 Å². The van der Waals surface area contributed by atoms with Gasteiger partial charge in [-0.1, -0.05) is 48.5 Å². The molecule has 2 aromatic carbocycles. The van der Waals surface area contributed by atoms with E-state index in [0.29, 0.717) is 5.69 Å². The van der Waals surface area contributed by atoms with Crippen molar-refractivity contribution in [1.82, 2.24) is 15.6 Å². The number of nitrogens with zero attached hydrogens (tertiary/aromatic N) is 3. The molecule has 2 N–H and O–H groups in total. The molecule has 1 fully saturated rings. The maximum atomic E-state index is 12.8. The molecule has 0 spiro atoms. The molecule has 156 valence electrons. The van der Waals surface area contributed by atoms with Crippen LogP contribution in [0.2, 0.25) is 0 Å². The van der Waals surface area contributed by atoms with Gasteiger partial charge in [0.2, 0.25) is 5.84 Å². The summed E-state index contributed by atoms with van der Waals surface area (Å²) in [6.45, 7) is 4.51. The minimum Gasteiger partial charge on any atom is -0.347 e. The van der Waals surface area contributed by atoms with E-state index >= 15 is 0 Å². The molecule has 7 nitrogen and oxygen atoms in total. The van der Waals surface area contributed by atoms with Crippen LogP contribution in [0.4, 0.5) is 5.69 Å². The van der Waals surface area contributed by atoms with Gasteiger partial charge in [-0.3, -0.25) is 19.9 Å². The van der Waals surface area contributed by atoms with Crippen LogP contribution < -0.4 is 15.8 Å². The molecule has 0 aliphatic carbocycles. The zero-order valence-electron chi connectivity index (χ0n) is 17.1. The van der Waals surface area contributed by atoms with Crippen LogP contribution in [0.25, 0.3) is 0 Å². The van der Waals surface area contributed by atoms with Gasteiger partial charge in [0, 0.05) is 25.7 Å². The number of carbonyl (C=O) groups is 2. The molecule has 30 heavy (non-hydrogen) atoms. The molecule has 2 heterocycles. The lowest BCUT2D eigenvalue weighted by Gasteiger charge is -2.34. The number of benzene rings is 2. The van der Waals surface area contributed by atoms with E-state index in [2.05, 4.69) is 44.9 Å². The number of amides is 2. The van der Waals surface area contributed by atoms with E-state index in [-0.39, 0.29) is 23.7 Å². The summed E-state index contributed by atoms with van der Waals surface area (Å²) in [5, 5.41) is 4.48. The van der Waals surface area contributed by atoms with E-state index in [4.69, 9.17) is 0 Å². The SMILES string of the molecule is CC1N=C(C(=O)NC2CCN(Cc3ccccc3)CC2)NN(c2ccccc2)C1=O. The van der Waals surface area contributed by atoms with Gasteiger partial charge in [-0.2, -0.15) is 0 Å². The molecular weight excluding hydrogens is 378 g/mol. The third-order valence-corrected chi connectivity index (χ3v) is 5.52. The summed E-state index contributed by atoms with van der Waals surface area (Å²) < 4.78 is 0. The molecule has 1 saturated heterocycles. The highest BCUT2D eigenvalue weighted by molar-refractivity contribution is 6.39. The van der Waals surface area contributed by atoms with Crippen LogP contribution in [0.3, 0.4) is 0 Å². The number of nitrogens with one attached hydrogen (secondary N) is 2. The fourth-order valence-corrected chi connectivity index (χ4v) is 3.83. The number of rotatable bonds is 5. The van der Waals surface area contributed by atoms with Crippen molar-refractivity contribution in [3.63, 3.8) is 0 Å². The number of carbonyl (C=O) groups excluding carboxylic acids is 2. The van der Waals surface area contributed by atoms with Crippen molar-refractivity contribution in [3.8, 4) is 0 Å². The van der Waals surface area contributed by atoms with Gasteiger partial charge in [-0.15, -0.1) is 0 Å². The van der Waals surface area contributed by atoms with E-state index in [1.165, 1.54) is 10.6 Å². The van der Waals surface area contributed by atoms with Gasteiger partial charge < -0.3 is 5.32 Å². The smallest absolute Gasteiger partial charge is 0.288 e. The Hall–Kier alpha value is -3.19. The Labute approximate surface area is 176 Å². The minimum atomic E-state index is -0.611. The van der Waals surface area contributed by atoms with Gasteiger partial charge in [-0.25, -0.2) is 10.0 Å². The van der Waals surface area contributed by atoms with Crippen LogP contribution in [0.1, 0.15) is 25.3 Å². The minimum absolute atomic E-state index is 0.104. The molecule has 0 bridgehead atoms. The van der Waals surface area contributed by atoms with Crippen molar-refractivity contribution >= 4 is 23.3 Å². The molecule has 2 aromatic rings. The highest BCUT2D eigenvalue weighted by Gasteiger charge is 2.31. The molecule has 7 heteroatoms. The zero-order chi connectivity index (χ0) is 20.9. The lowest BCUT2D eigenvalue weighted by atomic mass is 10.0. The third kappa shape index (κ3) is 4.68. The second kappa shape index (κ2) is 9.09. The van der Waals surface area contributed by atoms with E-state index in [9.17, 15) is 9.59 Å². The monoisotopic (exact) mass is 405 g/mol. The molecule has 1 atom stereocenters. The van der Waals surface area contributed by atoms with E-state index in [0.717, 1.165) is 32.5 Å². The Morgan fingerprint density at radius 2 is 1.70 bits per heavy atom. The van der Waals surface area contributed by atoms with Crippen molar-refractivity contribution in [2.24, 2.45) is 4.99 Å². The number of piperidine rings is 1. The average Bonchev–Trinajstić information content (AvgIpc) is 2.78. The number of aliphatic imine (C=N–C) groups is 1. The normalized spacial score (nSPS) is 20.4. The predicted octanol–water partition coefficient (Wildman–Crippen LogP) is 2.11. The Balaban J connectivity index is 1.33. The molecule has 1 unspecified atom stereocenters. The van der Waals surface area contributed by atoms with Crippen LogP contribution in [-0.4, -0.2) is 47.7 Å². The van der Waals surface area contributed by atoms with Crippen molar-refractivity contribution in [2.75, 3.05) is 18.1 Å². The maximum absolute atomic E-state index is 12.8. The van der Waals surface area contributed by atoms with Crippen molar-refractivity contribution in [2.45, 2.75) is 38.4 Å². The fraction of sp³-hybridized carbons (Fsp3) is 0.348. The van der Waals surface area contributed by atoms with E-state index < -0.39 is 6.04 Å². The van der Waals surface area contributed by atoms with E-state index in [1.54, 1.807) is 6.92 Å². The number of hydrogen-bond donors (Lipinski definition) is 2. The first kappa shape index (κ1) is 20.1. The molecule has 4 rings (SSSR count). The molecule has 0 saturated carbocycles. The second-order valence-corrected chi connectivity index (χ2v) is 7.78. The van der Waals surface area contributed by atoms with Crippen LogP contribution >= 0.6 is 0 Å². The largest absolute Gasteiger partial charge is 0.347 e. The van der Waals surface area contributed by atoms with E-state index in [1.807, 2.05) is 36.4 Å². The van der Waals surface area contributed by atoms with Gasteiger partial charge in [0.25, 0.3) is 11.8 Å². The number of hydrazine groups is 1. The van der Waals surface area contributed by atoms with Gasteiger partial charge in [0.15, 0.2) is 0 Å². The first-order chi connectivity index (χ1) is 14.6. The highest BCUT2D eigenvalue weighted by atomic mass is 16.2. The lowest BCUT2D eigenvalue weighted by molar-refractivity contribution is -0.120. The zero-order valence-corrected chi connectivity index (χ0v) is 17.1. The van der Waals surface area contributed by atoms with Crippen molar-refractivity contribution in [3.05, 3.63) is 66.2 Å². The second-order valence-electron chi connectivity index (χ2n) is 7.78. The summed E-state index contributed by atoms with van der Waals surface area (Å²) in [4.78, 5) is 32.0. The highest BCUT2D eigenvalue weighted by Crippen LogP contribution is 2.17. The Morgan fingerprint density at radius 1 is 1.07 bits per heavy atom. The number of likely N-dealkylation sites (tertiary alicyclic amines) is 1. The lowest BCUT2D eigenvalue weighted by Crippen LogP contribution is -2.59. The van der Waals surface area contributed by atoms with Crippen LogP contribution in [0, 0.1) is 0 Å².